The molecule has 1 saturated heterocycles. The molecule has 2 rings (SSSR count). The molecule has 0 amide bonds. The van der Waals surface area contributed by atoms with Gasteiger partial charge in [0.25, 0.3) is 0 Å². The first-order valence-corrected chi connectivity index (χ1v) is 6.70. The first-order valence-electron chi connectivity index (χ1n) is 6.70. The van der Waals surface area contributed by atoms with Gasteiger partial charge < -0.3 is 5.11 Å². The van der Waals surface area contributed by atoms with Gasteiger partial charge in [-0.2, -0.15) is 0 Å². The fraction of sp³-hybridized carbons (Fsp3) is 0.375. The maximum absolute atomic E-state index is 11.8. The van der Waals surface area contributed by atoms with E-state index in [1.54, 1.807) is 6.08 Å². The van der Waals surface area contributed by atoms with Crippen LogP contribution in [0.3, 0.4) is 0 Å². The summed E-state index contributed by atoms with van der Waals surface area (Å²) in [6, 6.07) is 9.11. The summed E-state index contributed by atoms with van der Waals surface area (Å²) in [5, 5.41) is 9.31. The lowest BCUT2D eigenvalue weighted by Gasteiger charge is -2.27. The third-order valence-corrected chi connectivity index (χ3v) is 3.91. The van der Waals surface area contributed by atoms with E-state index in [2.05, 4.69) is 6.58 Å². The van der Waals surface area contributed by atoms with Crippen molar-refractivity contribution >= 4 is 11.8 Å². The molecule has 1 aromatic rings. The molecular weight excluding hydrogens is 254 g/mol. The van der Waals surface area contributed by atoms with Crippen LogP contribution >= 0.6 is 0 Å². The highest BCUT2D eigenvalue weighted by Gasteiger charge is 2.44. The van der Waals surface area contributed by atoms with Gasteiger partial charge >= 0.3 is 5.97 Å². The Morgan fingerprint density at radius 2 is 2.05 bits per heavy atom. The molecule has 0 saturated carbocycles. The Morgan fingerprint density at radius 1 is 1.40 bits per heavy atom. The van der Waals surface area contributed by atoms with Gasteiger partial charge in [0.1, 0.15) is 5.78 Å². The maximum atomic E-state index is 11.8. The van der Waals surface area contributed by atoms with Gasteiger partial charge in [0.15, 0.2) is 0 Å². The summed E-state index contributed by atoms with van der Waals surface area (Å²) < 4.78 is 0. The molecule has 0 aromatic heterocycles. The Hall–Kier alpha value is -1.94. The molecule has 1 aromatic carbocycles. The van der Waals surface area contributed by atoms with Gasteiger partial charge in [0, 0.05) is 12.6 Å². The highest BCUT2D eigenvalue weighted by Crippen LogP contribution is 2.33. The minimum absolute atomic E-state index is 0.0107. The van der Waals surface area contributed by atoms with Crippen LogP contribution in [0, 0.1) is 5.92 Å². The molecule has 3 atom stereocenters. The van der Waals surface area contributed by atoms with Crippen LogP contribution in [0.1, 0.15) is 18.9 Å². The second-order valence-electron chi connectivity index (χ2n) is 5.19. The zero-order chi connectivity index (χ0) is 14.7. The summed E-state index contributed by atoms with van der Waals surface area (Å²) >= 11 is 0. The van der Waals surface area contributed by atoms with Crippen molar-refractivity contribution in [2.45, 2.75) is 32.0 Å². The molecular formula is C16H19NO3. The molecule has 0 bridgehead atoms. The fourth-order valence-corrected chi connectivity index (χ4v) is 2.91. The molecule has 0 spiro atoms. The molecule has 1 aliphatic rings. The lowest BCUT2D eigenvalue weighted by atomic mass is 9.98. The molecule has 1 aliphatic heterocycles. The Balaban J connectivity index is 2.27. The molecule has 1 N–H and O–H groups in total. The summed E-state index contributed by atoms with van der Waals surface area (Å²) in [4.78, 5) is 25.1. The number of hydrogen-bond donors (Lipinski definition) is 1. The van der Waals surface area contributed by atoms with Crippen molar-refractivity contribution in [3.63, 3.8) is 0 Å². The third kappa shape index (κ3) is 2.80. The van der Waals surface area contributed by atoms with Crippen molar-refractivity contribution < 1.29 is 14.7 Å². The number of carbonyl (C=O) groups is 2. The summed E-state index contributed by atoms with van der Waals surface area (Å²) in [6.07, 6.45) is 2.00. The van der Waals surface area contributed by atoms with Crippen molar-refractivity contribution in [3.8, 4) is 0 Å². The Labute approximate surface area is 118 Å². The number of hydrogen-bond acceptors (Lipinski definition) is 3. The van der Waals surface area contributed by atoms with Gasteiger partial charge in [-0.05, 0) is 18.9 Å². The fourth-order valence-electron chi connectivity index (χ4n) is 2.91. The quantitative estimate of drug-likeness (QED) is 0.835. The average molecular weight is 273 g/mol. The van der Waals surface area contributed by atoms with Crippen LogP contribution in [0.4, 0.5) is 0 Å². The van der Waals surface area contributed by atoms with Crippen molar-refractivity contribution in [2.24, 2.45) is 5.92 Å². The second kappa shape index (κ2) is 6.01. The molecule has 0 radical (unpaired) electrons. The highest BCUT2D eigenvalue weighted by atomic mass is 16.4. The molecule has 1 unspecified atom stereocenters. The first kappa shape index (κ1) is 14.5. The third-order valence-electron chi connectivity index (χ3n) is 3.91. The number of likely N-dealkylation sites (tertiary alicyclic amines) is 1. The molecule has 0 aliphatic carbocycles. The Morgan fingerprint density at radius 3 is 2.55 bits per heavy atom. The second-order valence-corrected chi connectivity index (χ2v) is 5.19. The van der Waals surface area contributed by atoms with E-state index in [9.17, 15) is 14.7 Å². The number of aliphatic carboxylic acids is 1. The predicted octanol–water partition coefficient (Wildman–Crippen LogP) is 2.11. The molecule has 4 heteroatoms. The van der Waals surface area contributed by atoms with Crippen molar-refractivity contribution in [1.82, 2.24) is 4.90 Å². The van der Waals surface area contributed by atoms with E-state index in [0.717, 1.165) is 5.56 Å². The maximum Gasteiger partial charge on any atom is 0.308 e. The van der Waals surface area contributed by atoms with Crippen molar-refractivity contribution in [1.29, 1.82) is 0 Å². The zero-order valence-corrected chi connectivity index (χ0v) is 11.5. The smallest absolute Gasteiger partial charge is 0.308 e. The van der Waals surface area contributed by atoms with Crippen LogP contribution in [0.5, 0.6) is 0 Å². The number of Topliss-reactive ketones (excluding diaryl/α,β-unsaturated/α-hetero) is 1. The van der Waals surface area contributed by atoms with Gasteiger partial charge in [-0.25, -0.2) is 0 Å². The number of carbonyl (C=O) groups excluding carboxylic acids is 1. The van der Waals surface area contributed by atoms with Crippen LogP contribution < -0.4 is 0 Å². The summed E-state index contributed by atoms with van der Waals surface area (Å²) in [7, 11) is 0. The monoisotopic (exact) mass is 273 g/mol. The number of carboxylic acids is 1. The van der Waals surface area contributed by atoms with E-state index in [4.69, 9.17) is 0 Å². The number of benzene rings is 1. The minimum Gasteiger partial charge on any atom is -0.481 e. The van der Waals surface area contributed by atoms with Gasteiger partial charge in [-0.15, -0.1) is 6.58 Å². The lowest BCUT2D eigenvalue weighted by Crippen LogP contribution is -2.39. The van der Waals surface area contributed by atoms with Crippen molar-refractivity contribution in [3.05, 3.63) is 48.6 Å². The molecule has 106 valence electrons. The summed E-state index contributed by atoms with van der Waals surface area (Å²) in [6.45, 7) is 5.83. The van der Waals surface area contributed by atoms with Crippen molar-refractivity contribution in [2.75, 3.05) is 0 Å². The van der Waals surface area contributed by atoms with Crippen LogP contribution in [-0.4, -0.2) is 33.8 Å². The van der Waals surface area contributed by atoms with E-state index in [0.29, 0.717) is 13.0 Å². The SMILES string of the molecule is C=C[C@H]1C(C(=O)O)C[C@H](C(C)=O)N1Cc1ccccc1. The van der Waals surface area contributed by atoms with Crippen LogP contribution in [0.15, 0.2) is 43.0 Å². The minimum atomic E-state index is -0.864. The number of ketones is 1. The van der Waals surface area contributed by atoms with Gasteiger partial charge in [-0.1, -0.05) is 36.4 Å². The van der Waals surface area contributed by atoms with E-state index in [1.807, 2.05) is 35.2 Å². The van der Waals surface area contributed by atoms with Gasteiger partial charge in [-0.3, -0.25) is 14.5 Å². The van der Waals surface area contributed by atoms with E-state index < -0.39 is 11.9 Å². The zero-order valence-electron chi connectivity index (χ0n) is 11.5. The molecule has 20 heavy (non-hydrogen) atoms. The van der Waals surface area contributed by atoms with Crippen LogP contribution in [-0.2, 0) is 16.1 Å². The van der Waals surface area contributed by atoms with Gasteiger partial charge in [0.05, 0.1) is 12.0 Å². The molecule has 1 fully saturated rings. The first-order chi connectivity index (χ1) is 9.54. The van der Waals surface area contributed by atoms with E-state index >= 15 is 0 Å². The lowest BCUT2D eigenvalue weighted by molar-refractivity contribution is -0.142. The van der Waals surface area contributed by atoms with Gasteiger partial charge in [0.2, 0.25) is 0 Å². The summed E-state index contributed by atoms with van der Waals surface area (Å²) in [5.41, 5.74) is 1.07. The van der Waals surface area contributed by atoms with Crippen LogP contribution in [0.25, 0.3) is 0 Å². The molecule has 4 nitrogen and oxygen atoms in total. The number of nitrogens with zero attached hydrogens (tertiary/aromatic N) is 1. The Bertz CT molecular complexity index is 512. The van der Waals surface area contributed by atoms with E-state index in [1.165, 1.54) is 6.92 Å². The largest absolute Gasteiger partial charge is 0.481 e. The normalized spacial score (nSPS) is 26.4. The Kier molecular flexibility index (Phi) is 4.35. The summed E-state index contributed by atoms with van der Waals surface area (Å²) in [5.74, 6) is -1.42. The number of rotatable bonds is 5. The van der Waals surface area contributed by atoms with Crippen LogP contribution in [0.2, 0.25) is 0 Å². The highest BCUT2D eigenvalue weighted by molar-refractivity contribution is 5.84. The number of carboxylic acid groups (broad SMARTS) is 1. The molecule has 1 heterocycles. The predicted molar refractivity (Wildman–Crippen MR) is 76.2 cm³/mol. The standard InChI is InChI=1S/C16H19NO3/c1-3-14-13(16(19)20)9-15(11(2)18)17(14)10-12-7-5-4-6-8-12/h3-8,13-15H,1,9-10H2,2H3,(H,19,20)/t13?,14-,15+/m0/s1. The average Bonchev–Trinajstić information content (AvgIpc) is 2.78. The topological polar surface area (TPSA) is 57.6 Å². The van der Waals surface area contributed by atoms with E-state index in [-0.39, 0.29) is 17.9 Å².